The van der Waals surface area contributed by atoms with E-state index in [1.54, 1.807) is 6.92 Å². The fraction of sp³-hybridized carbons (Fsp3) is 0.310. The highest BCUT2D eigenvalue weighted by atomic mass is 35.5. The van der Waals surface area contributed by atoms with Crippen LogP contribution in [0.25, 0.3) is 22.4 Å². The highest BCUT2D eigenvalue weighted by Crippen LogP contribution is 2.30. The van der Waals surface area contributed by atoms with Crippen molar-refractivity contribution in [3.05, 3.63) is 83.4 Å². The maximum atomic E-state index is 11.4. The van der Waals surface area contributed by atoms with Crippen LogP contribution < -0.4 is 5.32 Å². The summed E-state index contributed by atoms with van der Waals surface area (Å²) in [7, 11) is 0. The lowest BCUT2D eigenvalue weighted by atomic mass is 9.89. The SMILES string of the molecule is CC(=O)Nc1cccc(C2CCN(CCCn3c(-c4ccccc4)nc4ccc(Cl)cc43)CC2)c1. The zero-order valence-corrected chi connectivity index (χ0v) is 20.8. The monoisotopic (exact) mass is 486 g/mol. The fourth-order valence-electron chi connectivity index (χ4n) is 5.15. The standard InChI is InChI=1S/C29H31ClN4O/c1-21(35)31-26-10-5-9-24(19-26)22-13-17-33(18-14-22)15-6-16-34-28-20-25(30)11-12-27(28)32-29(34)23-7-3-2-4-8-23/h2-5,7-12,19-20,22H,6,13-18H2,1H3,(H,31,35). The molecule has 0 saturated carbocycles. The Kier molecular flexibility index (Phi) is 7.16. The Morgan fingerprint density at radius 3 is 2.57 bits per heavy atom. The van der Waals surface area contributed by atoms with Crippen LogP contribution in [0.1, 0.15) is 37.7 Å². The van der Waals surface area contributed by atoms with Gasteiger partial charge in [0, 0.05) is 29.7 Å². The van der Waals surface area contributed by atoms with Crippen molar-refractivity contribution in [2.24, 2.45) is 0 Å². The Morgan fingerprint density at radius 1 is 1.00 bits per heavy atom. The molecule has 5 rings (SSSR count). The average molecular weight is 487 g/mol. The molecule has 2 heterocycles. The molecule has 0 spiro atoms. The van der Waals surface area contributed by atoms with E-state index in [0.717, 1.165) is 78.6 Å². The van der Waals surface area contributed by atoms with Gasteiger partial charge in [0.15, 0.2) is 0 Å². The van der Waals surface area contributed by atoms with Crippen molar-refractivity contribution < 1.29 is 4.79 Å². The number of imidazole rings is 1. The predicted octanol–water partition coefficient (Wildman–Crippen LogP) is 6.58. The molecule has 4 aromatic rings. The van der Waals surface area contributed by atoms with Crippen LogP contribution in [0.2, 0.25) is 5.02 Å². The topological polar surface area (TPSA) is 50.2 Å². The molecule has 0 bridgehead atoms. The number of carbonyl (C=O) groups is 1. The zero-order valence-electron chi connectivity index (χ0n) is 20.1. The summed E-state index contributed by atoms with van der Waals surface area (Å²) in [6.45, 7) is 5.70. The lowest BCUT2D eigenvalue weighted by Gasteiger charge is -2.32. The summed E-state index contributed by atoms with van der Waals surface area (Å²) in [5, 5.41) is 3.64. The molecular formula is C29H31ClN4O. The number of nitrogens with one attached hydrogen (secondary N) is 1. The number of rotatable bonds is 7. The van der Waals surface area contributed by atoms with Gasteiger partial charge in [-0.2, -0.15) is 0 Å². The molecule has 0 aliphatic carbocycles. The van der Waals surface area contributed by atoms with Gasteiger partial charge in [0.25, 0.3) is 0 Å². The number of hydrogen-bond donors (Lipinski definition) is 1. The smallest absolute Gasteiger partial charge is 0.221 e. The Morgan fingerprint density at radius 2 is 1.80 bits per heavy atom. The number of aromatic nitrogens is 2. The molecule has 1 aliphatic rings. The number of nitrogens with zero attached hydrogens (tertiary/aromatic N) is 3. The van der Waals surface area contributed by atoms with Gasteiger partial charge in [-0.3, -0.25) is 4.79 Å². The third kappa shape index (κ3) is 5.58. The second-order valence-corrected chi connectivity index (χ2v) is 9.80. The van der Waals surface area contributed by atoms with E-state index in [-0.39, 0.29) is 5.91 Å². The highest BCUT2D eigenvalue weighted by molar-refractivity contribution is 6.31. The first-order chi connectivity index (χ1) is 17.1. The number of likely N-dealkylation sites (tertiary alicyclic amines) is 1. The van der Waals surface area contributed by atoms with Crippen LogP contribution in [0.15, 0.2) is 72.8 Å². The van der Waals surface area contributed by atoms with E-state index in [1.807, 2.05) is 36.4 Å². The quantitative estimate of drug-likeness (QED) is 0.321. The number of hydrogen-bond acceptors (Lipinski definition) is 3. The lowest BCUT2D eigenvalue weighted by molar-refractivity contribution is -0.114. The second-order valence-electron chi connectivity index (χ2n) is 9.36. The molecule has 0 unspecified atom stereocenters. The molecule has 1 fully saturated rings. The minimum Gasteiger partial charge on any atom is -0.326 e. The van der Waals surface area contributed by atoms with Crippen LogP contribution in [0, 0.1) is 0 Å². The van der Waals surface area contributed by atoms with Crippen molar-refractivity contribution in [3.63, 3.8) is 0 Å². The van der Waals surface area contributed by atoms with Crippen LogP contribution in [-0.2, 0) is 11.3 Å². The largest absolute Gasteiger partial charge is 0.326 e. The van der Waals surface area contributed by atoms with Crippen LogP contribution >= 0.6 is 11.6 Å². The molecule has 0 radical (unpaired) electrons. The van der Waals surface area contributed by atoms with Gasteiger partial charge in [-0.05, 0) is 80.7 Å². The maximum Gasteiger partial charge on any atom is 0.221 e. The summed E-state index contributed by atoms with van der Waals surface area (Å²) in [6, 6.07) is 24.6. The van der Waals surface area contributed by atoms with Gasteiger partial charge in [-0.25, -0.2) is 4.98 Å². The molecule has 1 aromatic heterocycles. The molecular weight excluding hydrogens is 456 g/mol. The van der Waals surface area contributed by atoms with Crippen molar-refractivity contribution in [3.8, 4) is 11.4 Å². The molecule has 3 aromatic carbocycles. The van der Waals surface area contributed by atoms with Gasteiger partial charge < -0.3 is 14.8 Å². The van der Waals surface area contributed by atoms with Crippen LogP contribution in [0.3, 0.4) is 0 Å². The summed E-state index contributed by atoms with van der Waals surface area (Å²) in [5.41, 5.74) is 5.41. The number of aryl methyl sites for hydroxylation is 1. The number of carbonyl (C=O) groups excluding carboxylic acids is 1. The number of piperidine rings is 1. The summed E-state index contributed by atoms with van der Waals surface area (Å²) in [5.74, 6) is 1.52. The van der Waals surface area contributed by atoms with Gasteiger partial charge >= 0.3 is 0 Å². The predicted molar refractivity (Wildman–Crippen MR) is 144 cm³/mol. The molecule has 35 heavy (non-hydrogen) atoms. The number of halogens is 1. The fourth-order valence-corrected chi connectivity index (χ4v) is 5.31. The number of benzene rings is 3. The first-order valence-corrected chi connectivity index (χ1v) is 12.8. The Bertz CT molecular complexity index is 1310. The van der Waals surface area contributed by atoms with Crippen molar-refractivity contribution in [2.75, 3.05) is 25.0 Å². The average Bonchev–Trinajstić information content (AvgIpc) is 3.22. The third-order valence-electron chi connectivity index (χ3n) is 6.86. The summed E-state index contributed by atoms with van der Waals surface area (Å²) in [4.78, 5) is 18.9. The van der Waals surface area contributed by atoms with Crippen LogP contribution in [0.4, 0.5) is 5.69 Å². The number of amides is 1. The van der Waals surface area contributed by atoms with E-state index in [4.69, 9.17) is 16.6 Å². The molecule has 5 nitrogen and oxygen atoms in total. The van der Waals surface area contributed by atoms with Gasteiger partial charge in [-0.1, -0.05) is 54.1 Å². The summed E-state index contributed by atoms with van der Waals surface area (Å²) < 4.78 is 2.32. The number of anilines is 1. The first kappa shape index (κ1) is 23.6. The van der Waals surface area contributed by atoms with Gasteiger partial charge in [-0.15, -0.1) is 0 Å². The van der Waals surface area contributed by atoms with E-state index < -0.39 is 0 Å². The summed E-state index contributed by atoms with van der Waals surface area (Å²) >= 11 is 6.33. The van der Waals surface area contributed by atoms with E-state index in [1.165, 1.54) is 5.56 Å². The molecule has 0 atom stereocenters. The first-order valence-electron chi connectivity index (χ1n) is 12.4. The van der Waals surface area contributed by atoms with Crippen LogP contribution in [-0.4, -0.2) is 40.0 Å². The lowest BCUT2D eigenvalue weighted by Crippen LogP contribution is -2.34. The van der Waals surface area contributed by atoms with Crippen molar-refractivity contribution in [1.29, 1.82) is 0 Å². The van der Waals surface area contributed by atoms with E-state index in [9.17, 15) is 4.79 Å². The normalized spacial score (nSPS) is 14.9. The van der Waals surface area contributed by atoms with Crippen molar-refractivity contribution in [2.45, 2.75) is 38.6 Å². The molecule has 1 amide bonds. The maximum absolute atomic E-state index is 11.4. The highest BCUT2D eigenvalue weighted by Gasteiger charge is 2.21. The van der Waals surface area contributed by atoms with Crippen LogP contribution in [0.5, 0.6) is 0 Å². The molecule has 1 N–H and O–H groups in total. The van der Waals surface area contributed by atoms with Crippen molar-refractivity contribution in [1.82, 2.24) is 14.5 Å². The van der Waals surface area contributed by atoms with Gasteiger partial charge in [0.2, 0.25) is 5.91 Å². The van der Waals surface area contributed by atoms with Gasteiger partial charge in [0.05, 0.1) is 11.0 Å². The van der Waals surface area contributed by atoms with Crippen molar-refractivity contribution >= 4 is 34.2 Å². The zero-order chi connectivity index (χ0) is 24.2. The van der Waals surface area contributed by atoms with E-state index >= 15 is 0 Å². The minimum atomic E-state index is -0.0275. The molecule has 1 saturated heterocycles. The molecule has 180 valence electrons. The van der Waals surface area contributed by atoms with E-state index in [0.29, 0.717) is 5.92 Å². The summed E-state index contributed by atoms with van der Waals surface area (Å²) in [6.07, 6.45) is 3.34. The van der Waals surface area contributed by atoms with E-state index in [2.05, 4.69) is 51.2 Å². The second kappa shape index (κ2) is 10.6. The Labute approximate surface area is 211 Å². The molecule has 6 heteroatoms. The third-order valence-corrected chi connectivity index (χ3v) is 7.10. The minimum absolute atomic E-state index is 0.0275. The van der Waals surface area contributed by atoms with Gasteiger partial charge in [0.1, 0.15) is 5.82 Å². The molecule has 1 aliphatic heterocycles. The number of fused-ring (bicyclic) bond motifs is 1. The Hall–Kier alpha value is -3.15. The Balaban J connectivity index is 1.22.